The van der Waals surface area contributed by atoms with Crippen LogP contribution in [0.5, 0.6) is 0 Å². The van der Waals surface area contributed by atoms with Gasteiger partial charge in [0.2, 0.25) is 0 Å². The van der Waals surface area contributed by atoms with E-state index < -0.39 is 8.07 Å². The van der Waals surface area contributed by atoms with E-state index in [4.69, 9.17) is 4.98 Å². The minimum Gasteiger partial charge on any atom is -0.256 e. The SMILES string of the molecule is C[Si](C)(C)c1cnc(-c2ccc(-c3ccccc3)cc2)cc1CC1CCCCC1. The largest absolute Gasteiger partial charge is 0.256 e. The molecule has 1 nitrogen and oxygen atoms in total. The molecule has 0 aliphatic heterocycles. The van der Waals surface area contributed by atoms with E-state index >= 15 is 0 Å². The minimum absolute atomic E-state index is 0.856. The second-order valence-corrected chi connectivity index (χ2v) is 14.7. The monoisotopic (exact) mass is 399 g/mol. The number of hydrogen-bond acceptors (Lipinski definition) is 1. The molecule has 1 aliphatic rings. The maximum Gasteiger partial charge on any atom is 0.0799 e. The Morgan fingerprint density at radius 1 is 0.793 bits per heavy atom. The van der Waals surface area contributed by atoms with Crippen LogP contribution in [-0.2, 0) is 6.42 Å². The van der Waals surface area contributed by atoms with Crippen molar-refractivity contribution in [2.75, 3.05) is 0 Å². The van der Waals surface area contributed by atoms with Gasteiger partial charge >= 0.3 is 0 Å². The Labute approximate surface area is 177 Å². The van der Waals surface area contributed by atoms with Gasteiger partial charge in [-0.2, -0.15) is 0 Å². The van der Waals surface area contributed by atoms with Gasteiger partial charge in [0.1, 0.15) is 0 Å². The molecule has 0 unspecified atom stereocenters. The lowest BCUT2D eigenvalue weighted by Gasteiger charge is -2.26. The highest BCUT2D eigenvalue weighted by atomic mass is 28.3. The van der Waals surface area contributed by atoms with Crippen LogP contribution in [-0.4, -0.2) is 13.1 Å². The van der Waals surface area contributed by atoms with Crippen LogP contribution in [0, 0.1) is 5.92 Å². The summed E-state index contributed by atoms with van der Waals surface area (Å²) in [5.41, 5.74) is 6.43. The lowest BCUT2D eigenvalue weighted by Crippen LogP contribution is -2.41. The lowest BCUT2D eigenvalue weighted by atomic mass is 9.85. The summed E-state index contributed by atoms with van der Waals surface area (Å²) < 4.78 is 0. The van der Waals surface area contributed by atoms with Crippen molar-refractivity contribution in [3.8, 4) is 22.4 Å². The predicted molar refractivity (Wildman–Crippen MR) is 128 cm³/mol. The highest BCUT2D eigenvalue weighted by Crippen LogP contribution is 2.29. The van der Waals surface area contributed by atoms with E-state index in [1.807, 2.05) is 0 Å². The zero-order chi connectivity index (χ0) is 20.3. The number of benzene rings is 2. The van der Waals surface area contributed by atoms with Crippen molar-refractivity contribution in [1.29, 1.82) is 0 Å². The van der Waals surface area contributed by atoms with Gasteiger partial charge in [-0.15, -0.1) is 0 Å². The summed E-state index contributed by atoms with van der Waals surface area (Å²) in [4.78, 5) is 4.91. The number of hydrogen-bond donors (Lipinski definition) is 0. The summed E-state index contributed by atoms with van der Waals surface area (Å²) in [6, 6.07) is 21.9. The molecule has 2 aromatic carbocycles. The summed E-state index contributed by atoms with van der Waals surface area (Å²) in [5, 5.41) is 1.55. The van der Waals surface area contributed by atoms with Gasteiger partial charge in [0.05, 0.1) is 13.8 Å². The second kappa shape index (κ2) is 8.67. The van der Waals surface area contributed by atoms with E-state index in [9.17, 15) is 0 Å². The Morgan fingerprint density at radius 2 is 1.41 bits per heavy atom. The van der Waals surface area contributed by atoms with Crippen molar-refractivity contribution in [1.82, 2.24) is 4.98 Å². The van der Waals surface area contributed by atoms with Crippen LogP contribution >= 0.6 is 0 Å². The van der Waals surface area contributed by atoms with E-state index in [2.05, 4.69) is 86.5 Å². The third-order valence-corrected chi connectivity index (χ3v) is 8.39. The first-order chi connectivity index (χ1) is 14.0. The Kier molecular flexibility index (Phi) is 6.01. The van der Waals surface area contributed by atoms with E-state index in [-0.39, 0.29) is 0 Å². The zero-order valence-electron chi connectivity index (χ0n) is 18.1. The van der Waals surface area contributed by atoms with E-state index in [0.717, 1.165) is 11.6 Å². The highest BCUT2D eigenvalue weighted by molar-refractivity contribution is 6.89. The highest BCUT2D eigenvalue weighted by Gasteiger charge is 2.24. The lowest BCUT2D eigenvalue weighted by molar-refractivity contribution is 0.357. The molecule has 1 fully saturated rings. The zero-order valence-corrected chi connectivity index (χ0v) is 19.1. The summed E-state index contributed by atoms with van der Waals surface area (Å²) in [5.74, 6) is 0.856. The van der Waals surface area contributed by atoms with Crippen LogP contribution in [0.4, 0.5) is 0 Å². The van der Waals surface area contributed by atoms with Crippen LogP contribution in [0.15, 0.2) is 66.9 Å². The predicted octanol–water partition coefficient (Wildman–Crippen LogP) is 7.08. The molecule has 4 rings (SSSR count). The van der Waals surface area contributed by atoms with Gasteiger partial charge in [-0.05, 0) is 40.3 Å². The summed E-state index contributed by atoms with van der Waals surface area (Å²) in [6.45, 7) is 7.34. The Morgan fingerprint density at radius 3 is 2.07 bits per heavy atom. The van der Waals surface area contributed by atoms with Gasteiger partial charge in [0.25, 0.3) is 0 Å². The molecule has 2 heteroatoms. The van der Waals surface area contributed by atoms with Crippen molar-refractivity contribution in [2.45, 2.75) is 58.2 Å². The molecule has 0 N–H and O–H groups in total. The fraction of sp³-hybridized carbons (Fsp3) is 0.370. The maximum absolute atomic E-state index is 4.91. The fourth-order valence-corrected chi connectivity index (χ4v) is 6.25. The molecule has 0 bridgehead atoms. The first-order valence-corrected chi connectivity index (χ1v) is 14.7. The van der Waals surface area contributed by atoms with Gasteiger partial charge in [-0.1, -0.05) is 106 Å². The average molecular weight is 400 g/mol. The quantitative estimate of drug-likeness (QED) is 0.418. The van der Waals surface area contributed by atoms with Crippen molar-refractivity contribution in [2.24, 2.45) is 5.92 Å². The van der Waals surface area contributed by atoms with Crippen LogP contribution in [0.2, 0.25) is 19.6 Å². The first kappa shape index (κ1) is 20.1. The number of aromatic nitrogens is 1. The maximum atomic E-state index is 4.91. The van der Waals surface area contributed by atoms with Crippen LogP contribution in [0.1, 0.15) is 37.7 Å². The molecule has 29 heavy (non-hydrogen) atoms. The normalized spacial score (nSPS) is 15.4. The van der Waals surface area contributed by atoms with Gasteiger partial charge in [0, 0.05) is 11.8 Å². The Balaban J connectivity index is 1.64. The topological polar surface area (TPSA) is 12.9 Å². The Bertz CT molecular complexity index is 933. The third-order valence-electron chi connectivity index (χ3n) is 6.32. The second-order valence-electron chi connectivity index (χ2n) is 9.63. The number of rotatable bonds is 5. The van der Waals surface area contributed by atoms with Crippen molar-refractivity contribution >= 4 is 13.3 Å². The van der Waals surface area contributed by atoms with Crippen molar-refractivity contribution in [3.63, 3.8) is 0 Å². The summed E-state index contributed by atoms with van der Waals surface area (Å²) >= 11 is 0. The molecule has 0 radical (unpaired) electrons. The molecule has 0 spiro atoms. The van der Waals surface area contributed by atoms with Gasteiger partial charge < -0.3 is 0 Å². The first-order valence-electron chi connectivity index (χ1n) is 11.2. The van der Waals surface area contributed by atoms with Gasteiger partial charge in [0.15, 0.2) is 0 Å². The molecular weight excluding hydrogens is 366 g/mol. The molecule has 1 aromatic heterocycles. The molecule has 3 aromatic rings. The van der Waals surface area contributed by atoms with Crippen LogP contribution in [0.25, 0.3) is 22.4 Å². The van der Waals surface area contributed by atoms with Crippen molar-refractivity contribution in [3.05, 3.63) is 72.4 Å². The van der Waals surface area contributed by atoms with Crippen LogP contribution < -0.4 is 5.19 Å². The summed E-state index contributed by atoms with van der Waals surface area (Å²) in [6.07, 6.45) is 10.5. The average Bonchev–Trinajstić information content (AvgIpc) is 2.74. The molecule has 1 heterocycles. The fourth-order valence-electron chi connectivity index (χ4n) is 4.67. The molecule has 1 saturated carbocycles. The van der Waals surface area contributed by atoms with Crippen molar-refractivity contribution < 1.29 is 0 Å². The summed E-state index contributed by atoms with van der Waals surface area (Å²) in [7, 11) is -1.40. The third kappa shape index (κ3) is 4.87. The Hall–Kier alpha value is -2.19. The van der Waals surface area contributed by atoms with E-state index in [0.29, 0.717) is 0 Å². The molecule has 1 aliphatic carbocycles. The van der Waals surface area contributed by atoms with Gasteiger partial charge in [-0.25, -0.2) is 0 Å². The number of nitrogens with zero attached hydrogens (tertiary/aromatic N) is 1. The number of pyridine rings is 1. The standard InChI is InChI=1S/C27H33NSi/c1-29(2,3)27-20-28-26(19-25(27)18-21-10-6-4-7-11-21)24-16-14-23(15-17-24)22-12-8-5-9-13-22/h5,8-9,12-17,19-21H,4,6-7,10-11,18H2,1-3H3. The molecule has 0 amide bonds. The van der Waals surface area contributed by atoms with E-state index in [1.165, 1.54) is 55.2 Å². The minimum atomic E-state index is -1.40. The van der Waals surface area contributed by atoms with Gasteiger partial charge in [-0.3, -0.25) is 4.98 Å². The molecule has 0 saturated heterocycles. The van der Waals surface area contributed by atoms with E-state index in [1.54, 1.807) is 10.8 Å². The molecular formula is C27H33NSi. The molecule has 150 valence electrons. The smallest absolute Gasteiger partial charge is 0.0799 e. The molecule has 0 atom stereocenters. The van der Waals surface area contributed by atoms with Crippen LogP contribution in [0.3, 0.4) is 0 Å².